The molecule has 0 aliphatic rings. The standard InChI is InChI=1S/C43H46BrNO7S/c1-28-21-29(2)42(30(3)22-28)53(48,49)45(26-33-13-9-7-10-14-33)32(5)41(35-15-11-8-12-16-35)52-43(47)31(4)40(46)36-23-37(44)25-39(24-36)51-27-34-17-19-38(50-6)20-18-34/h7-25,31-32,40-41,46H,26-27H2,1-6H3/t31-,32+,40+,41+/m0/s1. The number of halogens is 1. The van der Waals surface area contributed by atoms with Crippen LogP contribution in [0.3, 0.4) is 0 Å². The van der Waals surface area contributed by atoms with E-state index in [0.717, 1.165) is 22.4 Å². The molecule has 0 bridgehead atoms. The number of esters is 1. The molecule has 0 heterocycles. The fraction of sp³-hybridized carbons (Fsp3) is 0.279. The summed E-state index contributed by atoms with van der Waals surface area (Å²) in [6, 6.07) is 34.1. The van der Waals surface area contributed by atoms with Gasteiger partial charge in [0, 0.05) is 11.0 Å². The van der Waals surface area contributed by atoms with Crippen LogP contribution in [0.4, 0.5) is 0 Å². The number of benzene rings is 5. The summed E-state index contributed by atoms with van der Waals surface area (Å²) in [7, 11) is -2.51. The zero-order valence-corrected chi connectivity index (χ0v) is 33.2. The molecule has 0 amide bonds. The Balaban J connectivity index is 1.44. The van der Waals surface area contributed by atoms with Crippen LogP contribution in [0.2, 0.25) is 0 Å². The van der Waals surface area contributed by atoms with E-state index in [1.807, 2.05) is 104 Å². The van der Waals surface area contributed by atoms with Crippen LogP contribution in [-0.4, -0.2) is 37.0 Å². The highest BCUT2D eigenvalue weighted by atomic mass is 79.9. The third-order valence-corrected chi connectivity index (χ3v) is 12.0. The summed E-state index contributed by atoms with van der Waals surface area (Å²) in [5.41, 5.74) is 5.03. The van der Waals surface area contributed by atoms with Crippen molar-refractivity contribution in [3.05, 3.63) is 159 Å². The Labute approximate surface area is 321 Å². The number of carbonyl (C=O) groups excluding carboxylic acids is 1. The number of hydrogen-bond acceptors (Lipinski definition) is 7. The van der Waals surface area contributed by atoms with Crippen LogP contribution in [0.5, 0.6) is 11.5 Å². The van der Waals surface area contributed by atoms with E-state index in [-0.39, 0.29) is 18.0 Å². The zero-order chi connectivity index (χ0) is 38.3. The minimum absolute atomic E-state index is 0.0491. The lowest BCUT2D eigenvalue weighted by atomic mass is 9.96. The average Bonchev–Trinajstić information content (AvgIpc) is 3.14. The van der Waals surface area contributed by atoms with Crippen LogP contribution in [0, 0.1) is 26.7 Å². The van der Waals surface area contributed by atoms with Gasteiger partial charge >= 0.3 is 5.97 Å². The molecular formula is C43H46BrNO7S. The highest BCUT2D eigenvalue weighted by Crippen LogP contribution is 2.36. The summed E-state index contributed by atoms with van der Waals surface area (Å²) in [5.74, 6) is -0.450. The fourth-order valence-corrected chi connectivity index (χ4v) is 9.04. The molecule has 5 rings (SSSR count). The number of rotatable bonds is 15. The van der Waals surface area contributed by atoms with Crippen molar-refractivity contribution < 1.29 is 32.5 Å². The lowest BCUT2D eigenvalue weighted by Crippen LogP contribution is -2.43. The Kier molecular flexibility index (Phi) is 13.2. The van der Waals surface area contributed by atoms with Crippen molar-refractivity contribution in [2.45, 2.75) is 70.9 Å². The summed E-state index contributed by atoms with van der Waals surface area (Å²) >= 11 is 3.51. The molecule has 10 heteroatoms. The second kappa shape index (κ2) is 17.6. The van der Waals surface area contributed by atoms with Gasteiger partial charge in [0.05, 0.1) is 30.1 Å². The van der Waals surface area contributed by atoms with E-state index in [4.69, 9.17) is 14.2 Å². The highest BCUT2D eigenvalue weighted by Gasteiger charge is 2.39. The van der Waals surface area contributed by atoms with E-state index in [1.165, 1.54) is 4.31 Å². The van der Waals surface area contributed by atoms with Gasteiger partial charge in [-0.05, 0) is 98.3 Å². The van der Waals surface area contributed by atoms with Crippen LogP contribution in [0.1, 0.15) is 65.0 Å². The summed E-state index contributed by atoms with van der Waals surface area (Å²) in [6.45, 7) is 9.22. The Morgan fingerprint density at radius 2 is 1.38 bits per heavy atom. The van der Waals surface area contributed by atoms with E-state index in [1.54, 1.807) is 53.0 Å². The molecule has 0 fully saturated rings. The number of sulfonamides is 1. The minimum Gasteiger partial charge on any atom is -0.497 e. The van der Waals surface area contributed by atoms with Crippen LogP contribution < -0.4 is 9.47 Å². The number of carbonyl (C=O) groups is 1. The number of hydrogen-bond donors (Lipinski definition) is 1. The first-order valence-electron chi connectivity index (χ1n) is 17.4. The lowest BCUT2D eigenvalue weighted by molar-refractivity contribution is -0.160. The van der Waals surface area contributed by atoms with Crippen molar-refractivity contribution in [3.8, 4) is 11.5 Å². The maximum atomic E-state index is 14.7. The predicted molar refractivity (Wildman–Crippen MR) is 210 cm³/mol. The summed E-state index contributed by atoms with van der Waals surface area (Å²) < 4.78 is 49.1. The molecule has 1 N–H and O–H groups in total. The third-order valence-electron chi connectivity index (χ3n) is 9.26. The zero-order valence-electron chi connectivity index (χ0n) is 30.8. The third kappa shape index (κ3) is 9.74. The van der Waals surface area contributed by atoms with Gasteiger partial charge in [0.2, 0.25) is 10.0 Å². The van der Waals surface area contributed by atoms with Gasteiger partial charge in [-0.15, -0.1) is 0 Å². The predicted octanol–water partition coefficient (Wildman–Crippen LogP) is 9.20. The van der Waals surface area contributed by atoms with Crippen molar-refractivity contribution in [1.82, 2.24) is 4.31 Å². The number of methoxy groups -OCH3 is 1. The Hall–Kier alpha value is -4.48. The molecule has 278 valence electrons. The molecule has 0 saturated heterocycles. The molecular weight excluding hydrogens is 754 g/mol. The molecule has 4 atom stereocenters. The quantitative estimate of drug-likeness (QED) is 0.105. The first kappa shape index (κ1) is 39.7. The summed E-state index contributed by atoms with van der Waals surface area (Å²) in [5, 5.41) is 11.5. The van der Waals surface area contributed by atoms with Crippen molar-refractivity contribution >= 4 is 31.9 Å². The highest BCUT2D eigenvalue weighted by molar-refractivity contribution is 9.10. The normalized spacial score (nSPS) is 13.9. The average molecular weight is 801 g/mol. The first-order chi connectivity index (χ1) is 25.3. The summed E-state index contributed by atoms with van der Waals surface area (Å²) in [6.07, 6.45) is -2.26. The Morgan fingerprint density at radius 3 is 1.98 bits per heavy atom. The number of aryl methyl sites for hydroxylation is 3. The smallest absolute Gasteiger partial charge is 0.312 e. The maximum absolute atomic E-state index is 14.7. The molecule has 0 unspecified atom stereocenters. The van der Waals surface area contributed by atoms with Gasteiger partial charge in [-0.25, -0.2) is 8.42 Å². The van der Waals surface area contributed by atoms with Gasteiger partial charge in [0.25, 0.3) is 0 Å². The molecule has 0 saturated carbocycles. The van der Waals surface area contributed by atoms with Gasteiger partial charge < -0.3 is 19.3 Å². The molecule has 5 aromatic carbocycles. The lowest BCUT2D eigenvalue weighted by Gasteiger charge is -2.35. The molecule has 0 spiro atoms. The first-order valence-corrected chi connectivity index (χ1v) is 19.6. The van der Waals surface area contributed by atoms with Crippen molar-refractivity contribution in [1.29, 1.82) is 0 Å². The Morgan fingerprint density at radius 1 is 0.774 bits per heavy atom. The molecule has 8 nitrogen and oxygen atoms in total. The molecule has 0 radical (unpaired) electrons. The summed E-state index contributed by atoms with van der Waals surface area (Å²) in [4.78, 5) is 14.3. The number of nitrogens with zero attached hydrogens (tertiary/aromatic N) is 1. The van der Waals surface area contributed by atoms with E-state index >= 15 is 0 Å². The van der Waals surface area contributed by atoms with Gasteiger partial charge in [0.1, 0.15) is 24.2 Å². The molecule has 0 aromatic heterocycles. The van der Waals surface area contributed by atoms with Gasteiger partial charge in [-0.3, -0.25) is 4.79 Å². The number of ether oxygens (including phenoxy) is 3. The topological polar surface area (TPSA) is 102 Å². The van der Waals surface area contributed by atoms with E-state index in [2.05, 4.69) is 15.9 Å². The van der Waals surface area contributed by atoms with Crippen LogP contribution in [0.15, 0.2) is 125 Å². The largest absolute Gasteiger partial charge is 0.497 e. The molecule has 0 aliphatic heterocycles. The SMILES string of the molecule is COc1ccc(COc2cc(Br)cc([C@H](O)[C@H](C)C(=O)O[C@@H](c3ccccc3)[C@@H](C)N(Cc3ccccc3)S(=O)(=O)c3c(C)cc(C)cc3C)c2)cc1. The van der Waals surface area contributed by atoms with E-state index in [0.29, 0.717) is 32.5 Å². The maximum Gasteiger partial charge on any atom is 0.312 e. The van der Waals surface area contributed by atoms with Crippen molar-refractivity contribution in [3.63, 3.8) is 0 Å². The van der Waals surface area contributed by atoms with Gasteiger partial charge in [-0.1, -0.05) is 106 Å². The minimum atomic E-state index is -4.12. The Bertz CT molecular complexity index is 2090. The number of aliphatic hydroxyl groups excluding tert-OH is 1. The fourth-order valence-electron chi connectivity index (χ4n) is 6.52. The van der Waals surface area contributed by atoms with Gasteiger partial charge in [0.15, 0.2) is 0 Å². The molecule has 53 heavy (non-hydrogen) atoms. The van der Waals surface area contributed by atoms with E-state index < -0.39 is 40.2 Å². The van der Waals surface area contributed by atoms with Crippen molar-refractivity contribution in [2.24, 2.45) is 5.92 Å². The van der Waals surface area contributed by atoms with Gasteiger partial charge in [-0.2, -0.15) is 4.31 Å². The molecule has 0 aliphatic carbocycles. The van der Waals surface area contributed by atoms with Crippen LogP contribution in [0.25, 0.3) is 0 Å². The molecule has 5 aromatic rings. The van der Waals surface area contributed by atoms with Crippen LogP contribution >= 0.6 is 15.9 Å². The second-order valence-corrected chi connectivity index (χ2v) is 16.1. The van der Waals surface area contributed by atoms with E-state index in [9.17, 15) is 18.3 Å². The van der Waals surface area contributed by atoms with Crippen LogP contribution in [-0.2, 0) is 32.7 Å². The van der Waals surface area contributed by atoms with Crippen molar-refractivity contribution in [2.75, 3.05) is 7.11 Å². The second-order valence-electron chi connectivity index (χ2n) is 13.4. The number of aliphatic hydroxyl groups is 1. The monoisotopic (exact) mass is 799 g/mol.